The zero-order valence-electron chi connectivity index (χ0n) is 29.9. The van der Waals surface area contributed by atoms with Gasteiger partial charge in [-0.3, -0.25) is 19.4 Å². The van der Waals surface area contributed by atoms with Crippen molar-refractivity contribution in [2.24, 2.45) is 5.92 Å². The lowest BCUT2D eigenvalue weighted by atomic mass is 9.64. The van der Waals surface area contributed by atoms with Gasteiger partial charge in [0.15, 0.2) is 0 Å². The second-order valence-corrected chi connectivity index (χ2v) is 13.3. The highest BCUT2D eigenvalue weighted by Crippen LogP contribution is 2.52. The van der Waals surface area contributed by atoms with Crippen molar-refractivity contribution in [3.63, 3.8) is 0 Å². The second kappa shape index (κ2) is 13.6. The van der Waals surface area contributed by atoms with Gasteiger partial charge in [-0.15, -0.1) is 0 Å². The van der Waals surface area contributed by atoms with Crippen molar-refractivity contribution in [3.05, 3.63) is 99.7 Å². The number of hydrogen-bond donors (Lipinski definition) is 4. The monoisotopic (exact) mass is 704 g/mol. The highest BCUT2D eigenvalue weighted by molar-refractivity contribution is 6.02. The first-order valence-corrected chi connectivity index (χ1v) is 16.8. The normalized spacial score (nSPS) is 17.9. The average molecular weight is 705 g/mol. The van der Waals surface area contributed by atoms with Crippen LogP contribution in [0.25, 0.3) is 38.8 Å². The minimum atomic E-state index is -1.19. The fraction of sp³-hybridized carbons (Fsp3) is 0.300. The number of carbonyl (C=O) groups excluding carboxylic acids is 2. The Labute approximate surface area is 299 Å². The minimum Gasteiger partial charge on any atom is -0.481 e. The van der Waals surface area contributed by atoms with E-state index in [-0.39, 0.29) is 31.3 Å². The molecule has 12 nitrogen and oxygen atoms in total. The van der Waals surface area contributed by atoms with Gasteiger partial charge in [-0.25, -0.2) is 9.78 Å². The molecule has 2 aliphatic heterocycles. The summed E-state index contributed by atoms with van der Waals surface area (Å²) in [6, 6.07) is 7.46. The average Bonchev–Trinajstić information content (AvgIpc) is 3.76. The number of esters is 2. The molecule has 0 aromatic carbocycles. The summed E-state index contributed by atoms with van der Waals surface area (Å²) in [6.07, 6.45) is 5.34. The smallest absolute Gasteiger partial charge is 0.334 e. The molecule has 0 radical (unpaired) electrons. The van der Waals surface area contributed by atoms with Crippen molar-refractivity contribution in [2.75, 3.05) is 14.2 Å². The first-order valence-electron chi connectivity index (χ1n) is 16.8. The number of carboxylic acid groups (broad SMARTS) is 2. The van der Waals surface area contributed by atoms with E-state index in [1.165, 1.54) is 14.2 Å². The third kappa shape index (κ3) is 5.93. The molecule has 268 valence electrons. The van der Waals surface area contributed by atoms with Crippen molar-refractivity contribution >= 4 is 62.7 Å². The standard InChI is InChI=1S/C40H40N4O8/c1-8-22-19(2)28-16-33-26-12-9-25(38(49)51-6)37(39(50)52-7)40(26,5)34(44-33)18-29-21(4)24(11-14-36(47)48)32(43-29)17-31-23(10-13-35(45)46)20(3)27(42-31)15-30(22)41-28/h8-9,12,15-18,37,42-43H,1,10-11,13-14H2,2-7H3,(H,45,46)(H,47,48)/t37-,40+/m0/s1. The lowest BCUT2D eigenvalue weighted by molar-refractivity contribution is -0.149. The van der Waals surface area contributed by atoms with E-state index < -0.39 is 35.2 Å². The number of carboxylic acids is 2. The van der Waals surface area contributed by atoms with Gasteiger partial charge in [0.2, 0.25) is 0 Å². The number of methoxy groups -OCH3 is 2. The fourth-order valence-corrected chi connectivity index (χ4v) is 7.59. The number of nitrogens with one attached hydrogen (secondary N) is 2. The fourth-order valence-electron chi connectivity index (χ4n) is 7.59. The molecule has 1 aliphatic carbocycles. The van der Waals surface area contributed by atoms with Crippen molar-refractivity contribution in [1.29, 1.82) is 0 Å². The number of rotatable bonds is 9. The number of carbonyl (C=O) groups is 4. The van der Waals surface area contributed by atoms with Crippen LogP contribution in [-0.2, 0) is 46.9 Å². The summed E-state index contributed by atoms with van der Waals surface area (Å²) in [5, 5.41) is 19.2. The summed E-state index contributed by atoms with van der Waals surface area (Å²) in [6.45, 7) is 11.6. The van der Waals surface area contributed by atoms with Crippen LogP contribution in [0.1, 0.15) is 71.7 Å². The van der Waals surface area contributed by atoms with Crippen molar-refractivity contribution in [3.8, 4) is 0 Å². The molecule has 3 aromatic heterocycles. The molecule has 0 saturated heterocycles. The van der Waals surface area contributed by atoms with Crippen LogP contribution in [0.3, 0.4) is 0 Å². The third-order valence-electron chi connectivity index (χ3n) is 10.5. The van der Waals surface area contributed by atoms with Crippen LogP contribution in [0.2, 0.25) is 0 Å². The van der Waals surface area contributed by atoms with Gasteiger partial charge in [0.25, 0.3) is 0 Å². The molecule has 8 bridgehead atoms. The molecule has 0 saturated carbocycles. The van der Waals surface area contributed by atoms with Crippen LogP contribution >= 0.6 is 0 Å². The summed E-state index contributed by atoms with van der Waals surface area (Å²) in [7, 11) is 2.52. The first kappa shape index (κ1) is 35.8. The van der Waals surface area contributed by atoms with Crippen LogP contribution in [0.15, 0.2) is 54.6 Å². The number of aromatic amines is 2. The van der Waals surface area contributed by atoms with E-state index in [9.17, 15) is 29.4 Å². The number of aromatic nitrogens is 4. The molecule has 52 heavy (non-hydrogen) atoms. The number of aryl methyl sites for hydroxylation is 4. The van der Waals surface area contributed by atoms with E-state index in [1.54, 1.807) is 18.2 Å². The van der Waals surface area contributed by atoms with Crippen LogP contribution in [0, 0.1) is 19.8 Å². The van der Waals surface area contributed by atoms with Crippen molar-refractivity contribution in [1.82, 2.24) is 19.9 Å². The summed E-state index contributed by atoms with van der Waals surface area (Å²) in [4.78, 5) is 67.3. The summed E-state index contributed by atoms with van der Waals surface area (Å²) >= 11 is 0. The molecule has 4 N–H and O–H groups in total. The summed E-state index contributed by atoms with van der Waals surface area (Å²) in [5.74, 6) is -4.31. The Balaban J connectivity index is 1.79. The van der Waals surface area contributed by atoms with E-state index in [0.29, 0.717) is 44.9 Å². The summed E-state index contributed by atoms with van der Waals surface area (Å²) in [5.41, 5.74) is 9.40. The van der Waals surface area contributed by atoms with E-state index in [4.69, 9.17) is 19.4 Å². The van der Waals surface area contributed by atoms with E-state index in [0.717, 1.165) is 38.9 Å². The number of nitrogens with zero attached hydrogens (tertiary/aromatic N) is 2. The topological polar surface area (TPSA) is 185 Å². The molecule has 2 atom stereocenters. The SMILES string of the molecule is C=CC1=C(C)c2cc3nc(cc4[nH]c(cc5[nH]c(cc1n2)c(C)c5CCC(=O)O)c(CCC(=O)O)c4C)[C@@]1(C)C3=CC=C(C(=O)OC)[C@H]1C(=O)OC. The molecule has 3 aliphatic rings. The zero-order valence-corrected chi connectivity index (χ0v) is 29.9. The van der Waals surface area contributed by atoms with E-state index >= 15 is 0 Å². The van der Waals surface area contributed by atoms with Crippen molar-refractivity contribution < 1.29 is 38.9 Å². The highest BCUT2D eigenvalue weighted by Gasteiger charge is 2.53. The quantitative estimate of drug-likeness (QED) is 0.184. The van der Waals surface area contributed by atoms with Gasteiger partial charge in [0.05, 0.1) is 48.0 Å². The van der Waals surface area contributed by atoms with Gasteiger partial charge in [-0.05, 0) is 98.2 Å². The number of aliphatic carboxylic acids is 2. The van der Waals surface area contributed by atoms with Crippen LogP contribution < -0.4 is 0 Å². The maximum Gasteiger partial charge on any atom is 0.334 e. The lowest BCUT2D eigenvalue weighted by Gasteiger charge is -2.36. The number of H-pyrrole nitrogens is 2. The molecule has 0 spiro atoms. The minimum absolute atomic E-state index is 0.0887. The van der Waals surface area contributed by atoms with Crippen LogP contribution in [0.4, 0.5) is 0 Å². The van der Waals surface area contributed by atoms with Crippen LogP contribution in [0.5, 0.6) is 0 Å². The van der Waals surface area contributed by atoms with E-state index in [2.05, 4.69) is 16.5 Å². The first-order chi connectivity index (χ1) is 24.7. The third-order valence-corrected chi connectivity index (χ3v) is 10.5. The Hall–Kier alpha value is -6.04. The highest BCUT2D eigenvalue weighted by atomic mass is 16.5. The number of ether oxygens (including phenoxy) is 2. The Bertz CT molecular complexity index is 2360. The Kier molecular flexibility index (Phi) is 9.35. The number of fused-ring (bicyclic) bond motifs is 11. The van der Waals surface area contributed by atoms with Gasteiger partial charge in [0, 0.05) is 40.5 Å². The van der Waals surface area contributed by atoms with Crippen LogP contribution in [-0.4, -0.2) is 68.2 Å². The zero-order chi connectivity index (χ0) is 37.6. The molecule has 5 heterocycles. The Morgan fingerprint density at radius 2 is 1.40 bits per heavy atom. The molecule has 0 fully saturated rings. The Morgan fingerprint density at radius 1 is 0.808 bits per heavy atom. The summed E-state index contributed by atoms with van der Waals surface area (Å²) < 4.78 is 10.4. The molecule has 0 amide bonds. The maximum atomic E-state index is 13.6. The molecular formula is C40H40N4O8. The molecule has 0 unspecified atom stereocenters. The molecule has 6 rings (SSSR count). The Morgan fingerprint density at radius 3 is 1.94 bits per heavy atom. The maximum absolute atomic E-state index is 13.6. The molecule has 3 aromatic rings. The van der Waals surface area contributed by atoms with Gasteiger partial charge >= 0.3 is 23.9 Å². The molecular weight excluding hydrogens is 664 g/mol. The lowest BCUT2D eigenvalue weighted by Crippen LogP contribution is -2.42. The second-order valence-electron chi connectivity index (χ2n) is 13.3. The predicted octanol–water partition coefficient (Wildman–Crippen LogP) is 6.33. The predicted molar refractivity (Wildman–Crippen MR) is 196 cm³/mol. The van der Waals surface area contributed by atoms with Gasteiger partial charge in [-0.1, -0.05) is 24.8 Å². The largest absolute Gasteiger partial charge is 0.481 e. The van der Waals surface area contributed by atoms with Gasteiger partial charge < -0.3 is 29.7 Å². The molecule has 12 heteroatoms. The van der Waals surface area contributed by atoms with Gasteiger partial charge in [-0.2, -0.15) is 0 Å². The van der Waals surface area contributed by atoms with Crippen molar-refractivity contribution in [2.45, 2.75) is 58.8 Å². The van der Waals surface area contributed by atoms with Gasteiger partial charge in [0.1, 0.15) is 5.92 Å². The number of hydrogen-bond acceptors (Lipinski definition) is 8. The number of allylic oxidation sites excluding steroid dienone is 6. The van der Waals surface area contributed by atoms with E-state index in [1.807, 2.05) is 52.0 Å².